The average Bonchev–Trinajstić information content (AvgIpc) is 2.75. The van der Waals surface area contributed by atoms with Crippen LogP contribution >= 0.6 is 0 Å². The van der Waals surface area contributed by atoms with Gasteiger partial charge in [0.2, 0.25) is 0 Å². The number of carbonyl (C=O) groups is 2. The van der Waals surface area contributed by atoms with Gasteiger partial charge in [0.05, 0.1) is 18.0 Å². The van der Waals surface area contributed by atoms with Crippen LogP contribution in [0.15, 0.2) is 42.5 Å². The van der Waals surface area contributed by atoms with Crippen LogP contribution in [0, 0.1) is 5.82 Å². The number of nitrogens with one attached hydrogen (secondary N) is 2. The molecule has 2 aromatic carbocycles. The Bertz CT molecular complexity index is 874. The molecule has 2 N–H and O–H groups in total. The van der Waals surface area contributed by atoms with Crippen molar-refractivity contribution in [1.29, 1.82) is 0 Å². The summed E-state index contributed by atoms with van der Waals surface area (Å²) in [5.74, 6) is -0.158. The van der Waals surface area contributed by atoms with Gasteiger partial charge in [0.1, 0.15) is 18.3 Å². The number of rotatable bonds is 13. The molecule has 174 valence electrons. The summed E-state index contributed by atoms with van der Waals surface area (Å²) >= 11 is 0. The summed E-state index contributed by atoms with van der Waals surface area (Å²) in [6, 6.07) is 12.0. The fraction of sp³-hybridized carbons (Fsp3) is 0.417. The second-order valence-electron chi connectivity index (χ2n) is 7.24. The van der Waals surface area contributed by atoms with E-state index in [1.165, 1.54) is 12.1 Å². The lowest BCUT2D eigenvalue weighted by Gasteiger charge is -2.26. The van der Waals surface area contributed by atoms with Gasteiger partial charge in [-0.3, -0.25) is 5.32 Å². The van der Waals surface area contributed by atoms with Crippen LogP contribution in [0.1, 0.15) is 39.2 Å². The summed E-state index contributed by atoms with van der Waals surface area (Å²) in [4.78, 5) is 25.6. The van der Waals surface area contributed by atoms with E-state index in [0.717, 1.165) is 11.3 Å². The van der Waals surface area contributed by atoms with Gasteiger partial charge in [-0.05, 0) is 63.1 Å². The van der Waals surface area contributed by atoms with E-state index in [0.29, 0.717) is 50.6 Å². The molecule has 32 heavy (non-hydrogen) atoms. The van der Waals surface area contributed by atoms with E-state index in [-0.39, 0.29) is 18.2 Å². The smallest absolute Gasteiger partial charge is 0.411 e. The summed E-state index contributed by atoms with van der Waals surface area (Å²) in [6.07, 6.45) is 0.606. The Morgan fingerprint density at radius 1 is 1.03 bits per heavy atom. The lowest BCUT2D eigenvalue weighted by Crippen LogP contribution is -2.25. The monoisotopic (exact) mass is 445 g/mol. The number of nitrogens with zero attached hydrogens (tertiary/aromatic N) is 1. The maximum atomic E-state index is 13.3. The summed E-state index contributed by atoms with van der Waals surface area (Å²) in [5.41, 5.74) is 3.04. The largest absolute Gasteiger partial charge is 0.450 e. The third-order valence-corrected chi connectivity index (χ3v) is 4.69. The fourth-order valence-corrected chi connectivity index (χ4v) is 3.12. The first-order valence-electron chi connectivity index (χ1n) is 10.8. The SMILES string of the molecule is CCOCNc1ccc(N(CCCC(C)=O)Cc2ccc(F)cc2)cc1NC(=O)OCC. The number of Topliss-reactive ketones (excluding diaryl/α,β-unsaturated/α-hetero) is 1. The minimum absolute atomic E-state index is 0.131. The van der Waals surface area contributed by atoms with Crippen molar-refractivity contribution in [3.8, 4) is 0 Å². The first kappa shape index (κ1) is 25.1. The van der Waals surface area contributed by atoms with Crippen LogP contribution in [0.5, 0.6) is 0 Å². The zero-order chi connectivity index (χ0) is 23.3. The van der Waals surface area contributed by atoms with Crippen LogP contribution in [0.3, 0.4) is 0 Å². The summed E-state index contributed by atoms with van der Waals surface area (Å²) in [5, 5.41) is 5.91. The van der Waals surface area contributed by atoms with Crippen molar-refractivity contribution >= 4 is 28.9 Å². The molecule has 2 rings (SSSR count). The van der Waals surface area contributed by atoms with Gasteiger partial charge in [0.15, 0.2) is 0 Å². The summed E-state index contributed by atoms with van der Waals surface area (Å²) < 4.78 is 23.7. The number of ether oxygens (including phenoxy) is 2. The topological polar surface area (TPSA) is 79.9 Å². The number of anilines is 3. The Kier molecular flexibility index (Phi) is 10.5. The molecule has 0 spiro atoms. The quantitative estimate of drug-likeness (QED) is 0.327. The highest BCUT2D eigenvalue weighted by Crippen LogP contribution is 2.29. The minimum Gasteiger partial charge on any atom is -0.450 e. The van der Waals surface area contributed by atoms with Crippen LogP contribution in [0.4, 0.5) is 26.2 Å². The highest BCUT2D eigenvalue weighted by atomic mass is 19.1. The van der Waals surface area contributed by atoms with E-state index >= 15 is 0 Å². The molecule has 0 aromatic heterocycles. The maximum absolute atomic E-state index is 13.3. The van der Waals surface area contributed by atoms with Gasteiger partial charge in [0, 0.05) is 31.8 Å². The molecule has 0 aliphatic carbocycles. The number of hydrogen-bond donors (Lipinski definition) is 2. The number of carbonyl (C=O) groups excluding carboxylic acids is 2. The van der Waals surface area contributed by atoms with E-state index in [4.69, 9.17) is 9.47 Å². The van der Waals surface area contributed by atoms with Crippen molar-refractivity contribution in [2.45, 2.75) is 40.2 Å². The van der Waals surface area contributed by atoms with Crippen LogP contribution in [-0.4, -0.2) is 38.4 Å². The molecule has 0 atom stereocenters. The molecule has 0 aliphatic heterocycles. The van der Waals surface area contributed by atoms with Crippen LogP contribution in [-0.2, 0) is 20.8 Å². The van der Waals surface area contributed by atoms with Gasteiger partial charge in [-0.2, -0.15) is 0 Å². The molecule has 0 saturated carbocycles. The van der Waals surface area contributed by atoms with Gasteiger partial charge < -0.3 is 24.5 Å². The standard InChI is InChI=1S/C24H32FN3O4/c1-4-31-17-26-22-13-12-21(15-23(22)27-24(30)32-5-2)28(14-6-7-18(3)29)16-19-8-10-20(25)11-9-19/h8-13,15,26H,4-7,14,16-17H2,1-3H3,(H,27,30). The van der Waals surface area contributed by atoms with Gasteiger partial charge in [-0.25, -0.2) is 9.18 Å². The predicted molar refractivity (Wildman–Crippen MR) is 125 cm³/mol. The minimum atomic E-state index is -0.550. The van der Waals surface area contributed by atoms with E-state index in [2.05, 4.69) is 15.5 Å². The second-order valence-corrected chi connectivity index (χ2v) is 7.24. The zero-order valence-electron chi connectivity index (χ0n) is 18.9. The Labute approximate surface area is 188 Å². The van der Waals surface area contributed by atoms with Crippen molar-refractivity contribution in [3.63, 3.8) is 0 Å². The molecular weight excluding hydrogens is 413 g/mol. The van der Waals surface area contributed by atoms with Gasteiger partial charge >= 0.3 is 6.09 Å². The van der Waals surface area contributed by atoms with E-state index in [1.807, 2.05) is 25.1 Å². The molecule has 0 bridgehead atoms. The molecule has 7 nitrogen and oxygen atoms in total. The number of benzene rings is 2. The Hall–Kier alpha value is -3.13. The Morgan fingerprint density at radius 3 is 2.44 bits per heavy atom. The van der Waals surface area contributed by atoms with E-state index in [9.17, 15) is 14.0 Å². The Morgan fingerprint density at radius 2 is 1.78 bits per heavy atom. The molecule has 8 heteroatoms. The van der Waals surface area contributed by atoms with Crippen molar-refractivity contribution in [1.82, 2.24) is 0 Å². The maximum Gasteiger partial charge on any atom is 0.411 e. The third-order valence-electron chi connectivity index (χ3n) is 4.69. The predicted octanol–water partition coefficient (Wildman–Crippen LogP) is 5.18. The molecule has 0 radical (unpaired) electrons. The normalized spacial score (nSPS) is 10.5. The zero-order valence-corrected chi connectivity index (χ0v) is 18.9. The molecular formula is C24H32FN3O4. The number of ketones is 1. The lowest BCUT2D eigenvalue weighted by molar-refractivity contribution is -0.117. The first-order chi connectivity index (χ1) is 15.4. The molecule has 0 saturated heterocycles. The van der Waals surface area contributed by atoms with Crippen molar-refractivity contribution in [2.75, 3.05) is 42.0 Å². The number of halogens is 1. The molecule has 0 aliphatic rings. The molecule has 2 aromatic rings. The van der Waals surface area contributed by atoms with Crippen molar-refractivity contribution in [2.24, 2.45) is 0 Å². The van der Waals surface area contributed by atoms with Gasteiger partial charge in [-0.1, -0.05) is 12.1 Å². The highest BCUT2D eigenvalue weighted by molar-refractivity contribution is 5.90. The van der Waals surface area contributed by atoms with Crippen molar-refractivity contribution in [3.05, 3.63) is 53.8 Å². The first-order valence-corrected chi connectivity index (χ1v) is 10.8. The molecule has 1 amide bonds. The second kappa shape index (κ2) is 13.3. The average molecular weight is 446 g/mol. The highest BCUT2D eigenvalue weighted by Gasteiger charge is 2.14. The van der Waals surface area contributed by atoms with Gasteiger partial charge in [0.25, 0.3) is 0 Å². The van der Waals surface area contributed by atoms with E-state index < -0.39 is 6.09 Å². The molecule has 0 heterocycles. The van der Waals surface area contributed by atoms with Crippen LogP contribution in [0.2, 0.25) is 0 Å². The lowest BCUT2D eigenvalue weighted by atomic mass is 10.1. The van der Waals surface area contributed by atoms with Crippen molar-refractivity contribution < 1.29 is 23.5 Å². The fourth-order valence-electron chi connectivity index (χ4n) is 3.12. The van der Waals surface area contributed by atoms with E-state index in [1.54, 1.807) is 26.0 Å². The number of hydrogen-bond acceptors (Lipinski definition) is 6. The van der Waals surface area contributed by atoms with Crippen LogP contribution in [0.25, 0.3) is 0 Å². The van der Waals surface area contributed by atoms with Gasteiger partial charge in [-0.15, -0.1) is 0 Å². The summed E-state index contributed by atoms with van der Waals surface area (Å²) in [7, 11) is 0. The molecule has 0 unspecified atom stereocenters. The third kappa shape index (κ3) is 8.55. The number of amides is 1. The molecule has 0 fully saturated rings. The summed E-state index contributed by atoms with van der Waals surface area (Å²) in [6.45, 7) is 7.49. The van der Waals surface area contributed by atoms with Crippen LogP contribution < -0.4 is 15.5 Å². The Balaban J connectivity index is 2.30.